The quantitative estimate of drug-likeness (QED) is 0.487. The number of aryl methyl sites for hydroxylation is 1. The second-order valence-corrected chi connectivity index (χ2v) is 9.05. The first-order chi connectivity index (χ1) is 16.1. The molecule has 0 aromatic heterocycles. The van der Waals surface area contributed by atoms with Crippen LogP contribution in [0.25, 0.3) is 0 Å². The largest absolute Gasteiger partial charge is 0.452 e. The van der Waals surface area contributed by atoms with Crippen LogP contribution in [0.5, 0.6) is 0 Å². The molecular formula is C23H29N3O7S. The minimum atomic E-state index is -3.70. The summed E-state index contributed by atoms with van der Waals surface area (Å²) in [5.41, 5.74) is 1.41. The van der Waals surface area contributed by atoms with Crippen molar-refractivity contribution in [2.24, 2.45) is 0 Å². The van der Waals surface area contributed by atoms with Crippen molar-refractivity contribution in [3.05, 3.63) is 53.6 Å². The number of esters is 1. The molecule has 0 spiro atoms. The molecule has 2 aromatic carbocycles. The Labute approximate surface area is 199 Å². The molecule has 0 fully saturated rings. The Kier molecular flexibility index (Phi) is 9.58. The normalized spacial score (nSPS) is 11.1. The predicted molar refractivity (Wildman–Crippen MR) is 127 cm³/mol. The van der Waals surface area contributed by atoms with Crippen molar-refractivity contribution in [1.29, 1.82) is 0 Å². The maximum Gasteiger partial charge on any atom is 0.411 e. The summed E-state index contributed by atoms with van der Waals surface area (Å²) in [6.07, 6.45) is -0.659. The van der Waals surface area contributed by atoms with Gasteiger partial charge >= 0.3 is 12.1 Å². The van der Waals surface area contributed by atoms with Crippen molar-refractivity contribution in [2.75, 3.05) is 36.9 Å². The van der Waals surface area contributed by atoms with Gasteiger partial charge in [-0.3, -0.25) is 10.1 Å². The number of anilines is 2. The molecule has 11 heteroatoms. The number of amides is 2. The maximum absolute atomic E-state index is 12.8. The van der Waals surface area contributed by atoms with Crippen LogP contribution in [0.15, 0.2) is 47.4 Å². The Balaban J connectivity index is 2.04. The highest BCUT2D eigenvalue weighted by molar-refractivity contribution is 7.89. The van der Waals surface area contributed by atoms with Gasteiger partial charge in [-0.15, -0.1) is 0 Å². The smallest absolute Gasteiger partial charge is 0.411 e. The first-order valence-corrected chi connectivity index (χ1v) is 12.2. The van der Waals surface area contributed by atoms with Gasteiger partial charge in [-0.05, 0) is 49.7 Å². The second-order valence-electron chi connectivity index (χ2n) is 7.12. The molecule has 184 valence electrons. The third kappa shape index (κ3) is 7.03. The summed E-state index contributed by atoms with van der Waals surface area (Å²) in [6.45, 7) is 7.14. The van der Waals surface area contributed by atoms with E-state index in [1.54, 1.807) is 45.9 Å². The summed E-state index contributed by atoms with van der Waals surface area (Å²) in [5.74, 6) is -1.40. The summed E-state index contributed by atoms with van der Waals surface area (Å²) in [7, 11) is -3.70. The molecule has 0 saturated heterocycles. The third-order valence-corrected chi connectivity index (χ3v) is 6.83. The fraction of sp³-hybridized carbons (Fsp3) is 0.348. The van der Waals surface area contributed by atoms with Crippen LogP contribution in [0, 0.1) is 6.92 Å². The number of nitrogens with one attached hydrogen (secondary N) is 2. The Hall–Kier alpha value is -3.44. The standard InChI is InChI=1S/C23H29N3O7S/c1-5-26(6-2)34(30,31)19-12-11-16(4)20(14-19)25-21(27)15-33-22(28)17-9-8-10-18(13-17)24-23(29)32-7-3/h8-14H,5-7,15H2,1-4H3,(H,24,29)(H,25,27). The Morgan fingerprint density at radius 2 is 1.65 bits per heavy atom. The van der Waals surface area contributed by atoms with Gasteiger partial charge in [-0.1, -0.05) is 26.0 Å². The monoisotopic (exact) mass is 491 g/mol. The Bertz CT molecular complexity index is 1150. The number of hydrogen-bond donors (Lipinski definition) is 2. The lowest BCUT2D eigenvalue weighted by atomic mass is 10.2. The number of nitrogens with zero attached hydrogens (tertiary/aromatic N) is 1. The van der Waals surface area contributed by atoms with Crippen LogP contribution >= 0.6 is 0 Å². The van der Waals surface area contributed by atoms with E-state index >= 15 is 0 Å². The van der Waals surface area contributed by atoms with Gasteiger partial charge in [0.25, 0.3) is 5.91 Å². The Morgan fingerprint density at radius 1 is 0.941 bits per heavy atom. The summed E-state index contributed by atoms with van der Waals surface area (Å²) < 4.78 is 36.7. The van der Waals surface area contributed by atoms with E-state index in [0.29, 0.717) is 30.0 Å². The molecule has 2 rings (SSSR count). The highest BCUT2D eigenvalue weighted by atomic mass is 32.2. The molecule has 2 aromatic rings. The van der Waals surface area contributed by atoms with Crippen LogP contribution in [0.3, 0.4) is 0 Å². The molecule has 0 unspecified atom stereocenters. The lowest BCUT2D eigenvalue weighted by Gasteiger charge is -2.19. The van der Waals surface area contributed by atoms with E-state index in [9.17, 15) is 22.8 Å². The van der Waals surface area contributed by atoms with E-state index in [0.717, 1.165) is 0 Å². The second kappa shape index (κ2) is 12.1. The summed E-state index contributed by atoms with van der Waals surface area (Å²) in [5, 5.41) is 5.06. The zero-order chi connectivity index (χ0) is 25.3. The van der Waals surface area contributed by atoms with Gasteiger partial charge in [0.15, 0.2) is 6.61 Å². The molecule has 2 N–H and O–H groups in total. The lowest BCUT2D eigenvalue weighted by Crippen LogP contribution is -2.30. The van der Waals surface area contributed by atoms with Gasteiger partial charge in [0, 0.05) is 24.5 Å². The van der Waals surface area contributed by atoms with Crippen molar-refractivity contribution in [2.45, 2.75) is 32.6 Å². The molecule has 34 heavy (non-hydrogen) atoms. The molecule has 10 nitrogen and oxygen atoms in total. The average Bonchev–Trinajstić information content (AvgIpc) is 2.79. The number of carbonyl (C=O) groups is 3. The molecule has 2 amide bonds. The van der Waals surface area contributed by atoms with Crippen LogP contribution in [-0.4, -0.2) is 57.0 Å². The highest BCUT2D eigenvalue weighted by Crippen LogP contribution is 2.23. The lowest BCUT2D eigenvalue weighted by molar-refractivity contribution is -0.119. The fourth-order valence-electron chi connectivity index (χ4n) is 3.02. The maximum atomic E-state index is 12.8. The van der Waals surface area contributed by atoms with Crippen LogP contribution in [0.4, 0.5) is 16.2 Å². The minimum Gasteiger partial charge on any atom is -0.452 e. The summed E-state index contributed by atoms with van der Waals surface area (Å²) >= 11 is 0. The van der Waals surface area contributed by atoms with Gasteiger partial charge < -0.3 is 14.8 Å². The number of rotatable bonds is 10. The van der Waals surface area contributed by atoms with E-state index in [1.165, 1.54) is 28.6 Å². The SMILES string of the molecule is CCOC(=O)Nc1cccc(C(=O)OCC(=O)Nc2cc(S(=O)(=O)N(CC)CC)ccc2C)c1. The Morgan fingerprint density at radius 3 is 2.29 bits per heavy atom. The topological polar surface area (TPSA) is 131 Å². The molecule has 0 radical (unpaired) electrons. The molecular weight excluding hydrogens is 462 g/mol. The zero-order valence-corrected chi connectivity index (χ0v) is 20.4. The van der Waals surface area contributed by atoms with E-state index in [-0.39, 0.29) is 17.1 Å². The van der Waals surface area contributed by atoms with Gasteiger partial charge in [-0.2, -0.15) is 4.31 Å². The molecule has 0 heterocycles. The number of sulfonamides is 1. The molecule has 0 aliphatic rings. The van der Waals surface area contributed by atoms with E-state index in [2.05, 4.69) is 10.6 Å². The number of benzene rings is 2. The first-order valence-electron chi connectivity index (χ1n) is 10.7. The van der Waals surface area contributed by atoms with Gasteiger partial charge in [0.2, 0.25) is 10.0 Å². The van der Waals surface area contributed by atoms with Crippen LogP contribution in [0.1, 0.15) is 36.7 Å². The zero-order valence-electron chi connectivity index (χ0n) is 19.6. The van der Waals surface area contributed by atoms with E-state index < -0.39 is 34.6 Å². The number of hydrogen-bond acceptors (Lipinski definition) is 7. The fourth-order valence-corrected chi connectivity index (χ4v) is 4.50. The molecule has 0 aliphatic carbocycles. The molecule has 0 bridgehead atoms. The van der Waals surface area contributed by atoms with Crippen molar-refractivity contribution < 1.29 is 32.3 Å². The van der Waals surface area contributed by atoms with Crippen molar-refractivity contribution >= 4 is 39.4 Å². The highest BCUT2D eigenvalue weighted by Gasteiger charge is 2.22. The summed E-state index contributed by atoms with van der Waals surface area (Å²) in [6, 6.07) is 10.4. The van der Waals surface area contributed by atoms with Crippen molar-refractivity contribution in [1.82, 2.24) is 4.31 Å². The van der Waals surface area contributed by atoms with Crippen LogP contribution in [-0.2, 0) is 24.3 Å². The molecule has 0 aliphatic heterocycles. The van der Waals surface area contributed by atoms with E-state index in [4.69, 9.17) is 9.47 Å². The van der Waals surface area contributed by atoms with Gasteiger partial charge in [0.05, 0.1) is 17.1 Å². The average molecular weight is 492 g/mol. The molecule has 0 atom stereocenters. The van der Waals surface area contributed by atoms with Gasteiger partial charge in [0.1, 0.15) is 0 Å². The minimum absolute atomic E-state index is 0.0556. The van der Waals surface area contributed by atoms with Crippen molar-refractivity contribution in [3.63, 3.8) is 0 Å². The third-order valence-electron chi connectivity index (χ3n) is 4.78. The van der Waals surface area contributed by atoms with Crippen LogP contribution < -0.4 is 10.6 Å². The van der Waals surface area contributed by atoms with Crippen LogP contribution in [0.2, 0.25) is 0 Å². The summed E-state index contributed by atoms with van der Waals surface area (Å²) in [4.78, 5) is 36.3. The number of ether oxygens (including phenoxy) is 2. The number of carbonyl (C=O) groups excluding carboxylic acids is 3. The molecule has 0 saturated carbocycles. The van der Waals surface area contributed by atoms with E-state index in [1.807, 2.05) is 0 Å². The predicted octanol–water partition coefficient (Wildman–Crippen LogP) is 3.39. The first kappa shape index (κ1) is 26.8. The van der Waals surface area contributed by atoms with Crippen molar-refractivity contribution in [3.8, 4) is 0 Å². The van der Waals surface area contributed by atoms with Gasteiger partial charge in [-0.25, -0.2) is 18.0 Å².